The summed E-state index contributed by atoms with van der Waals surface area (Å²) in [5.74, 6) is 0. The van der Waals surface area contributed by atoms with Gasteiger partial charge in [-0.15, -0.1) is 11.3 Å². The summed E-state index contributed by atoms with van der Waals surface area (Å²) in [6.07, 6.45) is 11.9. The fraction of sp³-hybridized carbons (Fsp3) is 0.513. The summed E-state index contributed by atoms with van der Waals surface area (Å²) in [7, 11) is 0. The van der Waals surface area contributed by atoms with Gasteiger partial charge in [0.15, 0.2) is 0 Å². The molecular weight excluding hydrogens is 1020 g/mol. The molecule has 1 aromatic heterocycles. The van der Waals surface area contributed by atoms with Crippen molar-refractivity contribution in [1.82, 2.24) is 0 Å². The summed E-state index contributed by atoms with van der Waals surface area (Å²) in [5, 5.41) is 1.38. The van der Waals surface area contributed by atoms with Crippen LogP contribution in [0.3, 0.4) is 0 Å². The van der Waals surface area contributed by atoms with Gasteiger partial charge in [0.1, 0.15) is 0 Å². The molecule has 7 aliphatic rings. The van der Waals surface area contributed by atoms with Gasteiger partial charge in [-0.05, 0) is 223 Å². The van der Waals surface area contributed by atoms with Gasteiger partial charge in [0, 0.05) is 60.1 Å². The number of nitrogens with zero attached hydrogens (tertiary/aromatic N) is 3. The lowest BCUT2D eigenvalue weighted by atomic mass is 9.35. The first-order chi connectivity index (χ1) is 38.6. The van der Waals surface area contributed by atoms with E-state index in [4.69, 9.17) is 0 Å². The van der Waals surface area contributed by atoms with Crippen molar-refractivity contribution in [3.63, 3.8) is 0 Å². The van der Waals surface area contributed by atoms with Gasteiger partial charge in [-0.3, -0.25) is 0 Å². The molecule has 3 aliphatic heterocycles. The second kappa shape index (κ2) is 17.3. The number of hydrogen-bond donors (Lipinski definition) is 0. The third-order valence-electron chi connectivity index (χ3n) is 23.9. The SMILES string of the molecule is CC(C)(C)c1ccc2c(c1)C1(C)CCCCC1(C)N2c1cc2c3c(c1)N(c1ccc4c(c1)C(C)(C)CCC4(C)C)c1c(sc4ccc(C(C)(C)C)cc14)B3c1cc3c(cc1N2c1ccc2c(c1)C(C)(C)CCC2(C)C)C(C)(C)CCC3(C)C. The van der Waals surface area contributed by atoms with Gasteiger partial charge in [0.05, 0.1) is 11.2 Å². The number of fused-ring (bicyclic) bond motifs is 12. The van der Waals surface area contributed by atoms with Crippen LogP contribution < -0.4 is 30.4 Å². The fourth-order valence-electron chi connectivity index (χ4n) is 17.7. The Morgan fingerprint density at radius 3 is 1.42 bits per heavy atom. The molecule has 2 atom stereocenters. The molecule has 0 saturated heterocycles. The van der Waals surface area contributed by atoms with E-state index in [1.54, 1.807) is 0 Å². The van der Waals surface area contributed by atoms with Gasteiger partial charge < -0.3 is 14.7 Å². The normalized spacial score (nSPS) is 24.5. The van der Waals surface area contributed by atoms with Crippen LogP contribution in [0.25, 0.3) is 10.1 Å². The minimum absolute atomic E-state index is 0.0184. The Hall–Kier alpha value is -5.26. The lowest BCUT2D eigenvalue weighted by Gasteiger charge is -2.51. The lowest BCUT2D eigenvalue weighted by molar-refractivity contribution is 0.195. The van der Waals surface area contributed by atoms with E-state index < -0.39 is 0 Å². The quantitative estimate of drug-likeness (QED) is 0.163. The van der Waals surface area contributed by atoms with Gasteiger partial charge in [-0.1, -0.05) is 181 Å². The van der Waals surface area contributed by atoms with Crippen LogP contribution in [-0.4, -0.2) is 12.3 Å². The van der Waals surface area contributed by atoms with Crippen LogP contribution >= 0.6 is 11.3 Å². The minimum Gasteiger partial charge on any atom is -0.334 e. The molecule has 0 N–H and O–H groups in total. The molecule has 4 aliphatic carbocycles. The number of hydrogen-bond acceptors (Lipinski definition) is 4. The van der Waals surface area contributed by atoms with Crippen molar-refractivity contribution in [2.45, 2.75) is 257 Å². The molecule has 0 amide bonds. The maximum atomic E-state index is 2.90. The average molecular weight is 1120 g/mol. The molecule has 2 unspecified atom stereocenters. The predicted octanol–water partition coefficient (Wildman–Crippen LogP) is 20.4. The van der Waals surface area contributed by atoms with Crippen molar-refractivity contribution in [1.29, 1.82) is 0 Å². The molecule has 0 bridgehead atoms. The Bertz CT molecular complexity index is 3920. The van der Waals surface area contributed by atoms with Gasteiger partial charge in [0.2, 0.25) is 0 Å². The first-order valence-electron chi connectivity index (χ1n) is 32.4. The highest BCUT2D eigenvalue weighted by Gasteiger charge is 2.59. The summed E-state index contributed by atoms with van der Waals surface area (Å²) in [4.78, 5) is 8.55. The topological polar surface area (TPSA) is 9.72 Å². The summed E-state index contributed by atoms with van der Waals surface area (Å²) in [6.45, 7) is 49.8. The highest BCUT2D eigenvalue weighted by atomic mass is 32.1. The lowest BCUT2D eigenvalue weighted by Crippen LogP contribution is -2.61. The molecule has 6 aromatic carbocycles. The third kappa shape index (κ3) is 7.85. The second-order valence-electron chi connectivity index (χ2n) is 34.1. The van der Waals surface area contributed by atoms with Crippen LogP contribution in [0.4, 0.5) is 45.5 Å². The Kier molecular flexibility index (Phi) is 11.6. The van der Waals surface area contributed by atoms with Crippen molar-refractivity contribution in [2.24, 2.45) is 0 Å². The minimum atomic E-state index is -0.152. The van der Waals surface area contributed by atoms with E-state index >= 15 is 0 Å². The smallest absolute Gasteiger partial charge is 0.264 e. The Morgan fingerprint density at radius 1 is 0.398 bits per heavy atom. The average Bonchev–Trinajstić information content (AvgIpc) is 2.65. The van der Waals surface area contributed by atoms with Crippen LogP contribution in [-0.2, 0) is 48.7 Å². The maximum absolute atomic E-state index is 2.90. The van der Waals surface area contributed by atoms with Crippen molar-refractivity contribution < 1.29 is 0 Å². The van der Waals surface area contributed by atoms with Crippen molar-refractivity contribution >= 4 is 89.3 Å². The fourth-order valence-corrected chi connectivity index (χ4v) is 19.0. The van der Waals surface area contributed by atoms with Crippen LogP contribution in [0.1, 0.15) is 253 Å². The molecule has 4 heterocycles. The monoisotopic (exact) mass is 1120 g/mol. The molecular formula is C78H96BN3S. The zero-order chi connectivity index (χ0) is 59.1. The van der Waals surface area contributed by atoms with E-state index in [0.29, 0.717) is 0 Å². The number of benzene rings is 6. The van der Waals surface area contributed by atoms with E-state index in [1.165, 1.54) is 179 Å². The van der Waals surface area contributed by atoms with Crippen molar-refractivity contribution in [2.75, 3.05) is 14.7 Å². The molecule has 0 spiro atoms. The first-order valence-corrected chi connectivity index (χ1v) is 33.2. The van der Waals surface area contributed by atoms with Crippen LogP contribution in [0, 0.1) is 0 Å². The Labute approximate surface area is 505 Å². The molecule has 3 nitrogen and oxygen atoms in total. The van der Waals surface area contributed by atoms with E-state index in [2.05, 4.69) is 262 Å². The zero-order valence-electron chi connectivity index (χ0n) is 54.6. The van der Waals surface area contributed by atoms with Crippen LogP contribution in [0.5, 0.6) is 0 Å². The highest BCUT2D eigenvalue weighted by molar-refractivity contribution is 7.33. The Morgan fingerprint density at radius 2 is 0.867 bits per heavy atom. The summed E-state index contributed by atoms with van der Waals surface area (Å²) in [5.41, 5.74) is 27.2. The number of anilines is 8. The number of thiophene rings is 1. The van der Waals surface area contributed by atoms with Crippen LogP contribution in [0.15, 0.2) is 97.1 Å². The first kappa shape index (κ1) is 55.6. The second-order valence-corrected chi connectivity index (χ2v) is 35.2. The molecule has 5 heteroatoms. The van der Waals surface area contributed by atoms with E-state index in [0.717, 1.165) is 6.42 Å². The third-order valence-corrected chi connectivity index (χ3v) is 25.1. The molecule has 1 fully saturated rings. The predicted molar refractivity (Wildman–Crippen MR) is 362 cm³/mol. The maximum Gasteiger partial charge on any atom is 0.264 e. The van der Waals surface area contributed by atoms with Crippen molar-refractivity contribution in [3.8, 4) is 0 Å². The largest absolute Gasteiger partial charge is 0.334 e. The Balaban J connectivity index is 1.16. The van der Waals surface area contributed by atoms with E-state index in [-0.39, 0.29) is 61.0 Å². The van der Waals surface area contributed by atoms with E-state index in [1.807, 2.05) is 0 Å². The number of rotatable bonds is 3. The van der Waals surface area contributed by atoms with Gasteiger partial charge in [0.25, 0.3) is 6.71 Å². The van der Waals surface area contributed by atoms with Gasteiger partial charge >= 0.3 is 0 Å². The highest BCUT2D eigenvalue weighted by Crippen LogP contribution is 2.63. The molecule has 83 heavy (non-hydrogen) atoms. The molecule has 0 radical (unpaired) electrons. The molecule has 1 saturated carbocycles. The molecule has 7 aromatic rings. The zero-order valence-corrected chi connectivity index (χ0v) is 55.5. The van der Waals surface area contributed by atoms with E-state index in [9.17, 15) is 0 Å². The standard InChI is InChI=1S/C78H96BN3S/c1-69(2,3)47-24-30-65-52(39-47)67-68(83-65)79-60-45-57-58(76(17,18)38-37-75(57,15)16)46-62(60)80(49-25-27-53-55(41-49)73(11,12)35-33-71(53,7)8)63-43-51(82-61-29-23-48(70(4,5)6)40-59(61)77(19)31-21-22-32-78(77,82)20)44-64(66(63)79)81(67)50-26-28-54-56(42-50)74(13,14)36-34-72(54,9)10/h23-30,39-46H,21-22,31-38H2,1-20H3. The summed E-state index contributed by atoms with van der Waals surface area (Å²) in [6, 6.07) is 41.6. The van der Waals surface area contributed by atoms with Crippen LogP contribution in [0.2, 0.25) is 0 Å². The van der Waals surface area contributed by atoms with Gasteiger partial charge in [-0.25, -0.2) is 0 Å². The van der Waals surface area contributed by atoms with Gasteiger partial charge in [-0.2, -0.15) is 0 Å². The van der Waals surface area contributed by atoms with Crippen molar-refractivity contribution in [3.05, 3.63) is 147 Å². The molecule has 14 rings (SSSR count). The molecule has 432 valence electrons. The summed E-state index contributed by atoms with van der Waals surface area (Å²) >= 11 is 2.07. The summed E-state index contributed by atoms with van der Waals surface area (Å²) < 4.78 is 2.85.